The molecule has 104 valence electrons. The number of carbonyl (C=O) groups is 1. The van der Waals surface area contributed by atoms with Crippen LogP contribution in [0.2, 0.25) is 0 Å². The van der Waals surface area contributed by atoms with Crippen LogP contribution in [0, 0.1) is 10.1 Å². The summed E-state index contributed by atoms with van der Waals surface area (Å²) >= 11 is 0. The number of aldehydes is 1. The van der Waals surface area contributed by atoms with E-state index in [0.29, 0.717) is 29.0 Å². The highest BCUT2D eigenvalue weighted by atomic mass is 16.6. The minimum Gasteiger partial charge on any atom is -0.463 e. The van der Waals surface area contributed by atoms with Crippen molar-refractivity contribution in [2.45, 2.75) is 0 Å². The van der Waals surface area contributed by atoms with Crippen LogP contribution >= 0.6 is 0 Å². The van der Waals surface area contributed by atoms with E-state index in [1.165, 1.54) is 23.1 Å². The smallest absolute Gasteiger partial charge is 0.269 e. The van der Waals surface area contributed by atoms with Crippen molar-refractivity contribution in [2.75, 3.05) is 0 Å². The number of non-ortho nitro benzene ring substituents is 1. The van der Waals surface area contributed by atoms with Gasteiger partial charge in [-0.3, -0.25) is 14.9 Å². The average Bonchev–Trinajstić information content (AvgIpc) is 3.16. The summed E-state index contributed by atoms with van der Waals surface area (Å²) in [5.41, 5.74) is 1.41. The number of nitrogens with zero attached hydrogens (tertiary/aromatic N) is 3. The molecule has 0 unspecified atom stereocenters. The molecule has 0 bridgehead atoms. The standard InChI is InChI=1S/C14H9N3O4/c18-9-10-8-16(15-14(10)13-2-1-7-21-13)11-3-5-12(6-4-11)17(19)20/h1-9H. The summed E-state index contributed by atoms with van der Waals surface area (Å²) < 4.78 is 6.72. The van der Waals surface area contributed by atoms with Crippen LogP contribution in [0.15, 0.2) is 53.3 Å². The lowest BCUT2D eigenvalue weighted by Crippen LogP contribution is -1.95. The van der Waals surface area contributed by atoms with E-state index in [9.17, 15) is 14.9 Å². The van der Waals surface area contributed by atoms with E-state index in [4.69, 9.17) is 4.42 Å². The van der Waals surface area contributed by atoms with Crippen molar-refractivity contribution in [1.82, 2.24) is 9.78 Å². The fourth-order valence-corrected chi connectivity index (χ4v) is 1.94. The molecule has 21 heavy (non-hydrogen) atoms. The van der Waals surface area contributed by atoms with Crippen molar-refractivity contribution < 1.29 is 14.1 Å². The summed E-state index contributed by atoms with van der Waals surface area (Å²) in [6, 6.07) is 9.29. The highest BCUT2D eigenvalue weighted by Crippen LogP contribution is 2.23. The Bertz CT molecular complexity index is 788. The van der Waals surface area contributed by atoms with E-state index in [1.54, 1.807) is 30.5 Å². The molecule has 0 aliphatic heterocycles. The van der Waals surface area contributed by atoms with Crippen molar-refractivity contribution in [3.8, 4) is 17.1 Å². The van der Waals surface area contributed by atoms with Crippen molar-refractivity contribution >= 4 is 12.0 Å². The molecule has 1 aromatic carbocycles. The van der Waals surface area contributed by atoms with Gasteiger partial charge in [0.15, 0.2) is 12.0 Å². The van der Waals surface area contributed by atoms with E-state index < -0.39 is 4.92 Å². The largest absolute Gasteiger partial charge is 0.463 e. The van der Waals surface area contributed by atoms with Crippen LogP contribution in [0.3, 0.4) is 0 Å². The predicted octanol–water partition coefficient (Wildman–Crippen LogP) is 2.85. The number of hydrogen-bond donors (Lipinski definition) is 0. The van der Waals surface area contributed by atoms with E-state index in [0.717, 1.165) is 0 Å². The molecule has 0 atom stereocenters. The zero-order valence-corrected chi connectivity index (χ0v) is 10.7. The van der Waals surface area contributed by atoms with Gasteiger partial charge in [-0.1, -0.05) is 0 Å². The molecule has 0 saturated carbocycles. The van der Waals surface area contributed by atoms with Crippen LogP contribution in [0.1, 0.15) is 10.4 Å². The first kappa shape index (κ1) is 12.8. The molecular formula is C14H9N3O4. The first-order valence-electron chi connectivity index (χ1n) is 6.02. The normalized spacial score (nSPS) is 10.5. The second-order valence-electron chi connectivity index (χ2n) is 4.25. The Hall–Kier alpha value is -3.22. The van der Waals surface area contributed by atoms with Crippen LogP contribution < -0.4 is 0 Å². The number of carbonyl (C=O) groups excluding carboxylic acids is 1. The SMILES string of the molecule is O=Cc1cn(-c2ccc([N+](=O)[O-])cc2)nc1-c1ccco1. The first-order chi connectivity index (χ1) is 10.2. The molecule has 3 aromatic rings. The number of aromatic nitrogens is 2. The summed E-state index contributed by atoms with van der Waals surface area (Å²) in [7, 11) is 0. The van der Waals surface area contributed by atoms with E-state index >= 15 is 0 Å². The van der Waals surface area contributed by atoms with Crippen LogP contribution in [-0.4, -0.2) is 21.0 Å². The van der Waals surface area contributed by atoms with Crippen LogP contribution in [-0.2, 0) is 0 Å². The van der Waals surface area contributed by atoms with Crippen LogP contribution in [0.25, 0.3) is 17.1 Å². The topological polar surface area (TPSA) is 91.2 Å². The molecular weight excluding hydrogens is 274 g/mol. The molecule has 0 spiro atoms. The molecule has 0 N–H and O–H groups in total. The third-order valence-corrected chi connectivity index (χ3v) is 2.95. The lowest BCUT2D eigenvalue weighted by atomic mass is 10.2. The maximum atomic E-state index is 11.1. The maximum absolute atomic E-state index is 11.1. The van der Waals surface area contributed by atoms with Gasteiger partial charge in [-0.05, 0) is 24.3 Å². The van der Waals surface area contributed by atoms with E-state index in [-0.39, 0.29) is 5.69 Å². The molecule has 3 rings (SSSR count). The van der Waals surface area contributed by atoms with Gasteiger partial charge < -0.3 is 4.42 Å². The summed E-state index contributed by atoms with van der Waals surface area (Å²) in [4.78, 5) is 21.3. The molecule has 2 heterocycles. The van der Waals surface area contributed by atoms with Gasteiger partial charge in [0.05, 0.1) is 22.4 Å². The van der Waals surface area contributed by atoms with Gasteiger partial charge in [0, 0.05) is 18.3 Å². The fourth-order valence-electron chi connectivity index (χ4n) is 1.94. The Labute approximate surface area is 118 Å². The number of nitro benzene ring substituents is 1. The molecule has 0 amide bonds. The number of nitro groups is 1. The molecule has 0 aliphatic carbocycles. The van der Waals surface area contributed by atoms with Crippen molar-refractivity contribution in [3.05, 3.63) is 64.5 Å². The van der Waals surface area contributed by atoms with Gasteiger partial charge in [-0.25, -0.2) is 4.68 Å². The minimum absolute atomic E-state index is 0.00669. The van der Waals surface area contributed by atoms with Gasteiger partial charge in [0.25, 0.3) is 5.69 Å². The zero-order chi connectivity index (χ0) is 14.8. The zero-order valence-electron chi connectivity index (χ0n) is 10.7. The fraction of sp³-hybridized carbons (Fsp3) is 0. The Morgan fingerprint density at radius 3 is 2.57 bits per heavy atom. The summed E-state index contributed by atoms with van der Waals surface area (Å²) in [6.07, 6.45) is 3.73. The second-order valence-corrected chi connectivity index (χ2v) is 4.25. The summed E-state index contributed by atoms with van der Waals surface area (Å²) in [5, 5.41) is 14.9. The molecule has 0 radical (unpaired) electrons. The molecule has 0 aliphatic rings. The molecule has 0 fully saturated rings. The van der Waals surface area contributed by atoms with Crippen molar-refractivity contribution in [2.24, 2.45) is 0 Å². The molecule has 7 heteroatoms. The number of benzene rings is 1. The summed E-state index contributed by atoms with van der Waals surface area (Å²) in [5.74, 6) is 0.484. The average molecular weight is 283 g/mol. The van der Waals surface area contributed by atoms with Gasteiger partial charge in [-0.15, -0.1) is 0 Å². The van der Waals surface area contributed by atoms with E-state index in [2.05, 4.69) is 5.10 Å². The number of hydrogen-bond acceptors (Lipinski definition) is 5. The van der Waals surface area contributed by atoms with Gasteiger partial charge in [0.1, 0.15) is 5.69 Å². The predicted molar refractivity (Wildman–Crippen MR) is 73.3 cm³/mol. The highest BCUT2D eigenvalue weighted by Gasteiger charge is 2.14. The van der Waals surface area contributed by atoms with E-state index in [1.807, 2.05) is 0 Å². The lowest BCUT2D eigenvalue weighted by Gasteiger charge is -2.00. The highest BCUT2D eigenvalue weighted by molar-refractivity contribution is 5.84. The van der Waals surface area contributed by atoms with Gasteiger partial charge in [-0.2, -0.15) is 5.10 Å². The van der Waals surface area contributed by atoms with Crippen LogP contribution in [0.5, 0.6) is 0 Å². The minimum atomic E-state index is -0.474. The maximum Gasteiger partial charge on any atom is 0.269 e. The Morgan fingerprint density at radius 1 is 1.24 bits per heavy atom. The van der Waals surface area contributed by atoms with Gasteiger partial charge in [0.2, 0.25) is 0 Å². The Kier molecular flexibility index (Phi) is 3.07. The summed E-state index contributed by atoms with van der Waals surface area (Å²) in [6.45, 7) is 0. The lowest BCUT2D eigenvalue weighted by molar-refractivity contribution is -0.384. The molecule has 0 saturated heterocycles. The number of furan rings is 1. The third-order valence-electron chi connectivity index (χ3n) is 2.95. The quantitative estimate of drug-likeness (QED) is 0.417. The first-order valence-corrected chi connectivity index (χ1v) is 6.02. The second kappa shape index (κ2) is 5.04. The molecule has 2 aromatic heterocycles. The van der Waals surface area contributed by atoms with Gasteiger partial charge >= 0.3 is 0 Å². The Balaban J connectivity index is 2.03. The molecule has 7 nitrogen and oxygen atoms in total. The van der Waals surface area contributed by atoms with Crippen molar-refractivity contribution in [3.63, 3.8) is 0 Å². The monoisotopic (exact) mass is 283 g/mol. The van der Waals surface area contributed by atoms with Crippen LogP contribution in [0.4, 0.5) is 5.69 Å². The van der Waals surface area contributed by atoms with Crippen molar-refractivity contribution in [1.29, 1.82) is 0 Å². The third kappa shape index (κ3) is 2.32. The number of rotatable bonds is 4. The Morgan fingerprint density at radius 2 is 2.00 bits per heavy atom.